The number of unbranched alkanes of at least 4 members (excludes halogenated alkanes) is 16. The highest BCUT2D eigenvalue weighted by atomic mass is 16.6. The van der Waals surface area contributed by atoms with Gasteiger partial charge in [-0.25, -0.2) is 0 Å². The van der Waals surface area contributed by atoms with Crippen molar-refractivity contribution in [3.05, 3.63) is 0 Å². The van der Waals surface area contributed by atoms with Crippen molar-refractivity contribution < 1.29 is 38.5 Å². The summed E-state index contributed by atoms with van der Waals surface area (Å²) in [7, 11) is 0. The van der Waals surface area contributed by atoms with E-state index in [-0.39, 0.29) is 31.1 Å². The summed E-state index contributed by atoms with van der Waals surface area (Å²) in [4.78, 5) is 46.3. The molecule has 0 unspecified atom stereocenters. The molecule has 0 aromatic rings. The molecule has 0 bridgehead atoms. The molecule has 0 fully saturated rings. The largest absolute Gasteiger partial charge is 0.481 e. The molecule has 0 atom stereocenters. The van der Waals surface area contributed by atoms with E-state index in [1.165, 1.54) is 38.5 Å². The molecule has 0 amide bonds. The quantitative estimate of drug-likeness (QED) is 0.0503. The normalized spacial score (nSPS) is 10.6. The van der Waals surface area contributed by atoms with Gasteiger partial charge in [-0.05, 0) is 25.7 Å². The zero-order chi connectivity index (χ0) is 32.4. The molecule has 0 heterocycles. The Morgan fingerprint density at radius 2 is 0.744 bits per heavy atom. The number of carbonyl (C=O) groups is 4. The van der Waals surface area contributed by atoms with E-state index in [1.54, 1.807) is 0 Å². The third-order valence-electron chi connectivity index (χ3n) is 7.11. The van der Waals surface area contributed by atoms with Gasteiger partial charge in [-0.15, -0.1) is 0 Å². The number of rotatable bonds is 29. The second kappa shape index (κ2) is 34.4. The van der Waals surface area contributed by atoms with E-state index in [0.29, 0.717) is 25.7 Å². The molecule has 43 heavy (non-hydrogen) atoms. The van der Waals surface area contributed by atoms with Crippen LogP contribution in [0.5, 0.6) is 0 Å². The number of aliphatic carboxylic acids is 1. The zero-order valence-electron chi connectivity index (χ0n) is 28.3. The van der Waals surface area contributed by atoms with Gasteiger partial charge < -0.3 is 19.3 Å². The summed E-state index contributed by atoms with van der Waals surface area (Å²) in [5.74, 6) is -1.59. The van der Waals surface area contributed by atoms with E-state index in [2.05, 4.69) is 27.7 Å². The van der Waals surface area contributed by atoms with Crippen LogP contribution in [0.3, 0.4) is 0 Å². The van der Waals surface area contributed by atoms with Crippen molar-refractivity contribution in [1.29, 1.82) is 0 Å². The third kappa shape index (κ3) is 36.0. The maximum absolute atomic E-state index is 12.2. The van der Waals surface area contributed by atoms with Gasteiger partial charge in [0.1, 0.15) is 13.2 Å². The number of carboxylic acid groups (broad SMARTS) is 1. The van der Waals surface area contributed by atoms with Crippen molar-refractivity contribution in [1.82, 2.24) is 0 Å². The van der Waals surface area contributed by atoms with Crippen LogP contribution in [0.25, 0.3) is 0 Å². The third-order valence-corrected chi connectivity index (χ3v) is 7.11. The lowest BCUT2D eigenvalue weighted by molar-refractivity contribution is -0.167. The van der Waals surface area contributed by atoms with Crippen LogP contribution in [-0.4, -0.2) is 48.3 Å². The van der Waals surface area contributed by atoms with E-state index in [4.69, 9.17) is 19.3 Å². The van der Waals surface area contributed by atoms with Crippen molar-refractivity contribution in [3.8, 4) is 0 Å². The first kappa shape index (κ1) is 43.0. The predicted molar refractivity (Wildman–Crippen MR) is 173 cm³/mol. The van der Waals surface area contributed by atoms with E-state index < -0.39 is 12.1 Å². The van der Waals surface area contributed by atoms with E-state index >= 15 is 0 Å². The van der Waals surface area contributed by atoms with Crippen LogP contribution in [0.4, 0.5) is 0 Å². The Bertz CT molecular complexity index is 634. The van der Waals surface area contributed by atoms with Crippen LogP contribution in [0, 0.1) is 0 Å². The summed E-state index contributed by atoms with van der Waals surface area (Å²) < 4.78 is 16.1. The molecule has 1 N–H and O–H groups in total. The standard InChI is InChI=1S/C27H50O6.C8H16O2/c1-4-7-10-13-16-19-25(28)31-22-24(33-27(30)21-18-15-12-9-6-3)23-32-26(29)20-17-14-11-8-5-2;1-2-3-4-5-6-7-8(9)10/h24H,4-23H2,1-3H3;2-7H2,1H3,(H,9,10). The first-order chi connectivity index (χ1) is 20.8. The van der Waals surface area contributed by atoms with Gasteiger partial charge in [0.15, 0.2) is 6.10 Å². The summed E-state index contributed by atoms with van der Waals surface area (Å²) in [6.45, 7) is 8.47. The van der Waals surface area contributed by atoms with Crippen LogP contribution in [0.2, 0.25) is 0 Å². The Kier molecular flexibility index (Phi) is 34.4. The molecular formula is C35H66O8. The molecule has 8 nitrogen and oxygen atoms in total. The fourth-order valence-electron chi connectivity index (χ4n) is 4.38. The van der Waals surface area contributed by atoms with Gasteiger partial charge in [-0.1, -0.05) is 130 Å². The Morgan fingerprint density at radius 1 is 0.442 bits per heavy atom. The zero-order valence-corrected chi connectivity index (χ0v) is 28.3. The van der Waals surface area contributed by atoms with Gasteiger partial charge in [0.2, 0.25) is 0 Å². The fraction of sp³-hybridized carbons (Fsp3) is 0.886. The molecule has 0 aliphatic carbocycles. The van der Waals surface area contributed by atoms with Crippen molar-refractivity contribution >= 4 is 23.9 Å². The Hall–Kier alpha value is -2.12. The van der Waals surface area contributed by atoms with Crippen LogP contribution in [0.1, 0.15) is 182 Å². The smallest absolute Gasteiger partial charge is 0.306 e. The maximum Gasteiger partial charge on any atom is 0.306 e. The van der Waals surface area contributed by atoms with Crippen molar-refractivity contribution in [3.63, 3.8) is 0 Å². The highest BCUT2D eigenvalue weighted by molar-refractivity contribution is 5.71. The van der Waals surface area contributed by atoms with Crippen molar-refractivity contribution in [2.75, 3.05) is 13.2 Å². The van der Waals surface area contributed by atoms with Gasteiger partial charge in [0, 0.05) is 25.7 Å². The summed E-state index contributed by atoms with van der Waals surface area (Å²) in [5.41, 5.74) is 0. The van der Waals surface area contributed by atoms with Gasteiger partial charge >= 0.3 is 23.9 Å². The van der Waals surface area contributed by atoms with E-state index in [0.717, 1.165) is 89.9 Å². The summed E-state index contributed by atoms with van der Waals surface area (Å²) in [6.07, 6.45) is 21.9. The fourth-order valence-corrected chi connectivity index (χ4v) is 4.38. The van der Waals surface area contributed by atoms with E-state index in [1.807, 2.05) is 0 Å². The highest BCUT2D eigenvalue weighted by Gasteiger charge is 2.19. The van der Waals surface area contributed by atoms with Gasteiger partial charge in [0.25, 0.3) is 0 Å². The number of hydrogen-bond donors (Lipinski definition) is 1. The molecule has 0 radical (unpaired) electrons. The SMILES string of the molecule is CCCCCCCC(=O)O.CCCCCCCC(=O)OCC(COC(=O)CCCCCCC)OC(=O)CCCCCCC. The molecule has 0 aliphatic heterocycles. The second-order valence-corrected chi connectivity index (χ2v) is 11.5. The van der Waals surface area contributed by atoms with Gasteiger partial charge in [-0.2, -0.15) is 0 Å². The summed E-state index contributed by atoms with van der Waals surface area (Å²) in [5, 5.41) is 8.27. The maximum atomic E-state index is 12.2. The lowest BCUT2D eigenvalue weighted by Crippen LogP contribution is -2.30. The van der Waals surface area contributed by atoms with Gasteiger partial charge in [-0.3, -0.25) is 19.2 Å². The van der Waals surface area contributed by atoms with Crippen molar-refractivity contribution in [2.24, 2.45) is 0 Å². The van der Waals surface area contributed by atoms with Gasteiger partial charge in [0.05, 0.1) is 0 Å². The van der Waals surface area contributed by atoms with Crippen LogP contribution in [0.15, 0.2) is 0 Å². The number of esters is 3. The Balaban J connectivity index is 0. The minimum absolute atomic E-state index is 0.0703. The number of carboxylic acids is 1. The first-order valence-electron chi connectivity index (χ1n) is 17.5. The minimum Gasteiger partial charge on any atom is -0.481 e. The summed E-state index contributed by atoms with van der Waals surface area (Å²) in [6, 6.07) is 0. The number of hydrogen-bond acceptors (Lipinski definition) is 7. The van der Waals surface area contributed by atoms with Crippen LogP contribution >= 0.6 is 0 Å². The van der Waals surface area contributed by atoms with E-state index in [9.17, 15) is 19.2 Å². The molecule has 0 rings (SSSR count). The molecule has 0 aromatic carbocycles. The molecule has 0 spiro atoms. The minimum atomic E-state index is -0.749. The van der Waals surface area contributed by atoms with Crippen LogP contribution < -0.4 is 0 Å². The molecule has 0 saturated heterocycles. The lowest BCUT2D eigenvalue weighted by atomic mass is 10.1. The Labute approximate surface area is 263 Å². The van der Waals surface area contributed by atoms with Crippen molar-refractivity contribution in [2.45, 2.75) is 188 Å². The predicted octanol–water partition coefficient (Wildman–Crippen LogP) is 9.50. The molecule has 0 saturated carbocycles. The summed E-state index contributed by atoms with van der Waals surface area (Å²) >= 11 is 0. The first-order valence-corrected chi connectivity index (χ1v) is 17.5. The molecule has 8 heteroatoms. The van der Waals surface area contributed by atoms with Crippen LogP contribution in [-0.2, 0) is 33.4 Å². The average Bonchev–Trinajstić information content (AvgIpc) is 2.98. The lowest BCUT2D eigenvalue weighted by Gasteiger charge is -2.18. The monoisotopic (exact) mass is 614 g/mol. The number of ether oxygens (including phenoxy) is 3. The Morgan fingerprint density at radius 3 is 1.07 bits per heavy atom. The highest BCUT2D eigenvalue weighted by Crippen LogP contribution is 2.10. The average molecular weight is 615 g/mol. The molecular weight excluding hydrogens is 548 g/mol. The second-order valence-electron chi connectivity index (χ2n) is 11.5. The topological polar surface area (TPSA) is 116 Å². The molecule has 0 aliphatic rings. The number of carbonyl (C=O) groups excluding carboxylic acids is 3. The molecule has 254 valence electrons. The molecule has 0 aromatic heterocycles.